The first-order chi connectivity index (χ1) is 15.0. The second-order valence-corrected chi connectivity index (χ2v) is 6.86. The Morgan fingerprint density at radius 1 is 1.10 bits per heavy atom. The summed E-state index contributed by atoms with van der Waals surface area (Å²) >= 11 is 0. The maximum absolute atomic E-state index is 12.6. The van der Waals surface area contributed by atoms with E-state index in [2.05, 4.69) is 0 Å². The van der Waals surface area contributed by atoms with Gasteiger partial charge in [0.15, 0.2) is 0 Å². The van der Waals surface area contributed by atoms with Crippen molar-refractivity contribution in [1.82, 2.24) is 4.90 Å². The molecule has 0 radical (unpaired) electrons. The number of hydrogen-bond acceptors (Lipinski definition) is 6. The summed E-state index contributed by atoms with van der Waals surface area (Å²) in [4.78, 5) is 24.7. The molecule has 0 atom stereocenters. The molecule has 0 unspecified atom stereocenters. The number of methoxy groups -OCH3 is 3. The number of carbonyl (C=O) groups is 1. The van der Waals surface area contributed by atoms with Gasteiger partial charge in [-0.2, -0.15) is 0 Å². The van der Waals surface area contributed by atoms with E-state index in [1.54, 1.807) is 56.6 Å². The molecule has 2 aromatic rings. The van der Waals surface area contributed by atoms with Crippen LogP contribution in [-0.2, 0) is 4.79 Å². The van der Waals surface area contributed by atoms with E-state index >= 15 is 0 Å². The van der Waals surface area contributed by atoms with E-state index in [0.29, 0.717) is 42.3 Å². The number of rotatable bonds is 7. The molecule has 162 valence electrons. The monoisotopic (exact) mass is 424 g/mol. The van der Waals surface area contributed by atoms with Gasteiger partial charge < -0.3 is 19.1 Å². The molecule has 0 aromatic heterocycles. The minimum atomic E-state index is -0.460. The zero-order valence-electron chi connectivity index (χ0n) is 17.7. The van der Waals surface area contributed by atoms with Gasteiger partial charge in [-0.3, -0.25) is 14.9 Å². The van der Waals surface area contributed by atoms with Crippen LogP contribution < -0.4 is 14.2 Å². The number of nitrogens with zero attached hydrogens (tertiary/aromatic N) is 2. The molecule has 2 aromatic carbocycles. The molecular weight excluding hydrogens is 400 g/mol. The number of non-ortho nitro benzene ring substituents is 1. The molecule has 0 spiro atoms. The van der Waals surface area contributed by atoms with Crippen molar-refractivity contribution in [3.8, 4) is 17.2 Å². The molecule has 0 fully saturated rings. The van der Waals surface area contributed by atoms with Gasteiger partial charge in [0, 0.05) is 43.4 Å². The Balaban J connectivity index is 1.75. The third-order valence-corrected chi connectivity index (χ3v) is 5.06. The molecule has 0 aliphatic carbocycles. The minimum absolute atomic E-state index is 0.0115. The fraction of sp³-hybridized carbons (Fsp3) is 0.261. The van der Waals surface area contributed by atoms with E-state index in [4.69, 9.17) is 14.2 Å². The quantitative estimate of drug-likeness (QED) is 0.380. The maximum atomic E-state index is 12.6. The lowest BCUT2D eigenvalue weighted by molar-refractivity contribution is -0.384. The number of benzene rings is 2. The van der Waals surface area contributed by atoms with Crippen LogP contribution in [0.25, 0.3) is 11.6 Å². The van der Waals surface area contributed by atoms with Crippen LogP contribution in [0.3, 0.4) is 0 Å². The van der Waals surface area contributed by atoms with E-state index in [9.17, 15) is 14.9 Å². The van der Waals surface area contributed by atoms with Crippen LogP contribution in [0.2, 0.25) is 0 Å². The molecular formula is C23H24N2O6. The average Bonchev–Trinajstić information content (AvgIpc) is 2.81. The number of hydrogen-bond donors (Lipinski definition) is 0. The lowest BCUT2D eigenvalue weighted by Crippen LogP contribution is -2.33. The summed E-state index contributed by atoms with van der Waals surface area (Å²) < 4.78 is 16.4. The van der Waals surface area contributed by atoms with E-state index in [1.165, 1.54) is 18.2 Å². The lowest BCUT2D eigenvalue weighted by Gasteiger charge is -2.27. The smallest absolute Gasteiger partial charge is 0.270 e. The van der Waals surface area contributed by atoms with Crippen LogP contribution in [-0.4, -0.2) is 50.1 Å². The Morgan fingerprint density at radius 2 is 1.81 bits per heavy atom. The Labute approximate surface area is 180 Å². The highest BCUT2D eigenvalue weighted by Crippen LogP contribution is 2.40. The van der Waals surface area contributed by atoms with Crippen molar-refractivity contribution in [3.05, 3.63) is 69.8 Å². The number of carbonyl (C=O) groups excluding carboxylic acids is 1. The van der Waals surface area contributed by atoms with Crippen LogP contribution in [0.1, 0.15) is 17.5 Å². The Hall–Kier alpha value is -3.81. The second kappa shape index (κ2) is 9.80. The molecule has 0 saturated heterocycles. The van der Waals surface area contributed by atoms with Crippen LogP contribution in [0.15, 0.2) is 48.6 Å². The van der Waals surface area contributed by atoms with Gasteiger partial charge in [-0.1, -0.05) is 18.2 Å². The fourth-order valence-electron chi connectivity index (χ4n) is 3.43. The SMILES string of the molecule is COc1cc(OC)c(C2=CCN(C(=O)/C=C/c3cccc([N+](=O)[O-])c3)CC2)c(OC)c1. The van der Waals surface area contributed by atoms with Crippen molar-refractivity contribution < 1.29 is 23.9 Å². The highest BCUT2D eigenvalue weighted by atomic mass is 16.6. The first-order valence-electron chi connectivity index (χ1n) is 9.67. The Bertz CT molecular complexity index is 1020. The van der Waals surface area contributed by atoms with Crippen molar-refractivity contribution in [3.63, 3.8) is 0 Å². The van der Waals surface area contributed by atoms with Crippen molar-refractivity contribution in [2.24, 2.45) is 0 Å². The molecule has 1 aliphatic heterocycles. The molecule has 8 nitrogen and oxygen atoms in total. The number of nitro groups is 1. The van der Waals surface area contributed by atoms with Gasteiger partial charge in [-0.25, -0.2) is 0 Å². The van der Waals surface area contributed by atoms with Crippen molar-refractivity contribution >= 4 is 23.2 Å². The molecule has 0 bridgehead atoms. The molecule has 1 amide bonds. The summed E-state index contributed by atoms with van der Waals surface area (Å²) in [6, 6.07) is 9.76. The number of nitro benzene ring substituents is 1. The summed E-state index contributed by atoms with van der Waals surface area (Å²) in [5, 5.41) is 10.9. The van der Waals surface area contributed by atoms with E-state index in [0.717, 1.165) is 11.1 Å². The first-order valence-corrected chi connectivity index (χ1v) is 9.67. The highest BCUT2D eigenvalue weighted by Gasteiger charge is 2.22. The molecule has 1 heterocycles. The predicted molar refractivity (Wildman–Crippen MR) is 117 cm³/mol. The topological polar surface area (TPSA) is 91.1 Å². The summed E-state index contributed by atoms with van der Waals surface area (Å²) in [7, 11) is 4.77. The largest absolute Gasteiger partial charge is 0.496 e. The molecule has 31 heavy (non-hydrogen) atoms. The van der Waals surface area contributed by atoms with Gasteiger partial charge in [0.2, 0.25) is 5.91 Å². The van der Waals surface area contributed by atoms with Crippen LogP contribution in [0, 0.1) is 10.1 Å². The van der Waals surface area contributed by atoms with Gasteiger partial charge in [-0.15, -0.1) is 0 Å². The standard InChI is InChI=1S/C23H24N2O6/c1-29-19-14-20(30-2)23(21(15-19)31-3)17-9-11-24(12-10-17)22(26)8-7-16-5-4-6-18(13-16)25(27)28/h4-9,13-15H,10-12H2,1-3H3/b8-7+. The fourth-order valence-corrected chi connectivity index (χ4v) is 3.43. The third kappa shape index (κ3) is 5.03. The summed E-state index contributed by atoms with van der Waals surface area (Å²) in [5.74, 6) is 1.77. The molecule has 3 rings (SSSR count). The third-order valence-electron chi connectivity index (χ3n) is 5.06. The zero-order chi connectivity index (χ0) is 22.4. The molecule has 8 heteroatoms. The number of ether oxygens (including phenoxy) is 3. The minimum Gasteiger partial charge on any atom is -0.496 e. The van der Waals surface area contributed by atoms with Crippen LogP contribution in [0.4, 0.5) is 5.69 Å². The Kier molecular flexibility index (Phi) is 6.92. The van der Waals surface area contributed by atoms with Crippen LogP contribution >= 0.6 is 0 Å². The summed E-state index contributed by atoms with van der Waals surface area (Å²) in [6.07, 6.45) is 5.64. The lowest BCUT2D eigenvalue weighted by atomic mass is 9.97. The normalized spacial score (nSPS) is 13.6. The van der Waals surface area contributed by atoms with Gasteiger partial charge in [0.25, 0.3) is 5.69 Å². The summed E-state index contributed by atoms with van der Waals surface area (Å²) in [5.41, 5.74) is 2.47. The second-order valence-electron chi connectivity index (χ2n) is 6.86. The molecule has 1 aliphatic rings. The molecule has 0 N–H and O–H groups in total. The highest BCUT2D eigenvalue weighted by molar-refractivity contribution is 5.92. The van der Waals surface area contributed by atoms with E-state index < -0.39 is 4.92 Å². The Morgan fingerprint density at radius 3 is 2.35 bits per heavy atom. The van der Waals surface area contributed by atoms with Crippen LogP contribution in [0.5, 0.6) is 17.2 Å². The van der Waals surface area contributed by atoms with Crippen molar-refractivity contribution in [2.45, 2.75) is 6.42 Å². The predicted octanol–water partition coefficient (Wildman–Crippen LogP) is 3.95. The van der Waals surface area contributed by atoms with E-state index in [1.807, 2.05) is 6.08 Å². The number of amides is 1. The average molecular weight is 424 g/mol. The maximum Gasteiger partial charge on any atom is 0.270 e. The van der Waals surface area contributed by atoms with Gasteiger partial charge in [0.1, 0.15) is 17.2 Å². The van der Waals surface area contributed by atoms with Gasteiger partial charge >= 0.3 is 0 Å². The van der Waals surface area contributed by atoms with Gasteiger partial charge in [-0.05, 0) is 23.6 Å². The van der Waals surface area contributed by atoms with Gasteiger partial charge in [0.05, 0.1) is 31.8 Å². The van der Waals surface area contributed by atoms with Crippen molar-refractivity contribution in [2.75, 3.05) is 34.4 Å². The first kappa shape index (κ1) is 21.9. The van der Waals surface area contributed by atoms with Crippen molar-refractivity contribution in [1.29, 1.82) is 0 Å². The summed E-state index contributed by atoms with van der Waals surface area (Å²) in [6.45, 7) is 0.966. The molecule has 0 saturated carbocycles. The van der Waals surface area contributed by atoms with E-state index in [-0.39, 0.29) is 11.6 Å². The zero-order valence-corrected chi connectivity index (χ0v) is 17.7.